The van der Waals surface area contributed by atoms with Crippen molar-refractivity contribution >= 4 is 13.5 Å². The van der Waals surface area contributed by atoms with Gasteiger partial charge in [-0.25, -0.2) is 0 Å². The third-order valence-electron chi connectivity index (χ3n) is 0. The Kier molecular flexibility index (Phi) is 42700. The highest BCUT2D eigenvalue weighted by Crippen LogP contribution is 0.766. The summed E-state index contributed by atoms with van der Waals surface area (Å²) < 4.78 is 0. The Morgan fingerprint density at radius 1 is 1.25 bits per heavy atom. The normalized spacial score (nSPS) is 1.00. The molecular weight excluding hydrogens is 74.1 g/mol. The van der Waals surface area contributed by atoms with Crippen LogP contribution < -0.4 is 0 Å². The maximum atomic E-state index is 7.50. The third-order valence-corrected chi connectivity index (χ3v) is 0. The van der Waals surface area contributed by atoms with Crippen LogP contribution in [0.25, 0.3) is 0 Å². The summed E-state index contributed by atoms with van der Waals surface area (Å²) in [6.45, 7) is 0. The molecule has 0 saturated heterocycles. The molecule has 0 heterocycles. The third kappa shape index (κ3) is 704. The van der Waals surface area contributed by atoms with E-state index >= 15 is 0 Å². The Morgan fingerprint density at radius 3 is 1.25 bits per heavy atom. The van der Waals surface area contributed by atoms with Crippen molar-refractivity contribution in [2.45, 2.75) is 7.43 Å². The average Bonchev–Trinajstić information content (AvgIpc) is 1.00. The summed E-state index contributed by atoms with van der Waals surface area (Å²) in [5.74, 6) is 0. The SMILES string of the molecule is C.N=O.S. The second kappa shape index (κ2) is 4490. The van der Waals surface area contributed by atoms with Crippen molar-refractivity contribution in [2.75, 3.05) is 0 Å². The Morgan fingerprint density at radius 2 is 1.25 bits per heavy atom. The van der Waals surface area contributed by atoms with Gasteiger partial charge in [0, 0.05) is 0 Å². The lowest BCUT2D eigenvalue weighted by molar-refractivity contribution is 1.49. The van der Waals surface area contributed by atoms with Crippen LogP contribution in [0.2, 0.25) is 0 Å². The first-order chi connectivity index (χ1) is 1.00. The molecule has 0 aliphatic carbocycles. The van der Waals surface area contributed by atoms with E-state index in [9.17, 15) is 0 Å². The summed E-state index contributed by atoms with van der Waals surface area (Å²) in [4.78, 5) is 7.50. The molecule has 0 aliphatic heterocycles. The molecule has 0 aliphatic rings. The Bertz CT molecular complexity index is 8.00. The summed E-state index contributed by atoms with van der Waals surface area (Å²) in [5, 5.41) is 0. The van der Waals surface area contributed by atoms with Crippen LogP contribution in [0.3, 0.4) is 0 Å². The maximum absolute atomic E-state index is 7.50. The fourth-order valence-electron chi connectivity index (χ4n) is 0. The van der Waals surface area contributed by atoms with E-state index in [1.165, 1.54) is 0 Å². The summed E-state index contributed by atoms with van der Waals surface area (Å²) in [7, 11) is 0. The van der Waals surface area contributed by atoms with Crippen molar-refractivity contribution in [1.82, 2.24) is 0 Å². The van der Waals surface area contributed by atoms with Gasteiger partial charge in [-0.2, -0.15) is 18.4 Å². The predicted octanol–water partition coefficient (Wildman–Crippen LogP) is 1.08. The molecule has 1 N–H and O–H groups in total. The van der Waals surface area contributed by atoms with Crippen LogP contribution in [0.15, 0.2) is 0 Å². The van der Waals surface area contributed by atoms with Gasteiger partial charge in [0.2, 0.25) is 0 Å². The topological polar surface area (TPSA) is 40.9 Å². The van der Waals surface area contributed by atoms with Gasteiger partial charge in [0.15, 0.2) is 0 Å². The van der Waals surface area contributed by atoms with E-state index in [1.54, 1.807) is 0 Å². The van der Waals surface area contributed by atoms with Crippen molar-refractivity contribution in [2.24, 2.45) is 0 Å². The molecule has 2 nitrogen and oxygen atoms in total. The maximum Gasteiger partial charge on any atom is -0.0776 e. The van der Waals surface area contributed by atoms with Crippen LogP contribution in [0.5, 0.6) is 0 Å². The number of rotatable bonds is 0. The number of hydrogen-bond acceptors (Lipinski definition) is 2. The molecule has 0 aromatic carbocycles. The molecule has 0 spiro atoms. The van der Waals surface area contributed by atoms with Gasteiger partial charge in [0.05, 0.1) is 0 Å². The van der Waals surface area contributed by atoms with Crippen molar-refractivity contribution in [3.8, 4) is 0 Å². The van der Waals surface area contributed by atoms with Crippen LogP contribution in [0.4, 0.5) is 0 Å². The van der Waals surface area contributed by atoms with Crippen molar-refractivity contribution < 1.29 is 0 Å². The van der Waals surface area contributed by atoms with E-state index < -0.39 is 0 Å². The zero-order chi connectivity index (χ0) is 2.00. The molecule has 0 saturated carbocycles. The second-order valence-electron chi connectivity index (χ2n) is 0. The van der Waals surface area contributed by atoms with Crippen LogP contribution in [-0.2, 0) is 0 Å². The van der Waals surface area contributed by atoms with Gasteiger partial charge >= 0.3 is 0 Å². The minimum absolute atomic E-state index is 0. The monoisotopic (exact) mass is 81.0 g/mol. The molecule has 0 unspecified atom stereocenters. The van der Waals surface area contributed by atoms with Crippen LogP contribution >= 0.6 is 13.5 Å². The Labute approximate surface area is 32.4 Å². The van der Waals surface area contributed by atoms with Crippen LogP contribution in [0, 0.1) is 10.5 Å². The van der Waals surface area contributed by atoms with E-state index in [2.05, 4.69) is 5.59 Å². The van der Waals surface area contributed by atoms with Crippen molar-refractivity contribution in [3.05, 3.63) is 4.91 Å². The second-order valence-corrected chi connectivity index (χ2v) is 0. The van der Waals surface area contributed by atoms with E-state index in [1.807, 2.05) is 0 Å². The van der Waals surface area contributed by atoms with Gasteiger partial charge < -0.3 is 0 Å². The molecule has 3 heteroatoms. The molecule has 0 atom stereocenters. The zero-order valence-electron chi connectivity index (χ0n) is 1.41. The average molecular weight is 81.1 g/mol. The first-order valence-electron chi connectivity index (χ1n) is 0.204. The molecule has 0 amide bonds. The number of hydrogen-bond donors (Lipinski definition) is 1. The zero-order valence-corrected chi connectivity index (χ0v) is 2.41. The highest BCUT2D eigenvalue weighted by atomic mass is 32.1. The van der Waals surface area contributed by atoms with Crippen molar-refractivity contribution in [3.63, 3.8) is 0 Å². The van der Waals surface area contributed by atoms with E-state index in [-0.39, 0.29) is 20.9 Å². The standard InChI is InChI=1S/CH4.HNO.H2S/c;1-2;/h1H4;1H;1H2. The van der Waals surface area contributed by atoms with Crippen LogP contribution in [0.1, 0.15) is 7.43 Å². The van der Waals surface area contributed by atoms with Gasteiger partial charge in [-0.1, -0.05) is 13.0 Å². The summed E-state index contributed by atoms with van der Waals surface area (Å²) >= 11 is 0. The lowest BCUT2D eigenvalue weighted by atomic mass is 12.0. The lowest BCUT2D eigenvalue weighted by Crippen LogP contribution is -0.649. The van der Waals surface area contributed by atoms with Gasteiger partial charge in [-0.15, -0.1) is 0 Å². The van der Waals surface area contributed by atoms with E-state index in [4.69, 9.17) is 4.91 Å². The highest BCUT2D eigenvalue weighted by molar-refractivity contribution is 7.59. The Balaban J connectivity index is -0.00000000500. The van der Waals surface area contributed by atoms with E-state index in [0.29, 0.717) is 0 Å². The minimum Gasteiger partial charge on any atom is -0.197 e. The molecule has 0 rings (SSSR count). The van der Waals surface area contributed by atoms with Gasteiger partial charge in [0.1, 0.15) is 0 Å². The van der Waals surface area contributed by atoms with Crippen molar-refractivity contribution in [1.29, 1.82) is 5.59 Å². The fourth-order valence-corrected chi connectivity index (χ4v) is 0. The number of nitrogens with one attached hydrogen (secondary N) is 1. The molecule has 0 radical (unpaired) electrons. The summed E-state index contributed by atoms with van der Waals surface area (Å²) in [6, 6.07) is 0. The molecule has 28 valence electrons. The molecule has 4 heavy (non-hydrogen) atoms. The fraction of sp³-hybridized carbons (Fsp3) is 1.00. The molecule has 0 bridgehead atoms. The Hall–Kier alpha value is -0.0500. The first-order valence-corrected chi connectivity index (χ1v) is 0.204. The first kappa shape index (κ1) is 38.1. The smallest absolute Gasteiger partial charge is 0.0776 e. The predicted molar refractivity (Wildman–Crippen MR) is 23.2 cm³/mol. The molecular formula is CH7NOS. The number of nitroso groups, excluding NO2 is 1. The molecule has 0 aromatic rings. The highest BCUT2D eigenvalue weighted by Gasteiger charge is 0.588. The lowest BCUT2D eigenvalue weighted by Gasteiger charge is -0.827. The van der Waals surface area contributed by atoms with Gasteiger partial charge in [-0.05, 0) is 0 Å². The minimum atomic E-state index is 0. The summed E-state index contributed by atoms with van der Waals surface area (Å²) in [5.41, 5.74) is 4.50. The van der Waals surface area contributed by atoms with E-state index in [0.717, 1.165) is 0 Å². The van der Waals surface area contributed by atoms with Gasteiger partial charge in [-0.3, -0.25) is 0 Å². The quantitative estimate of drug-likeness (QED) is 0.435. The molecule has 0 fully saturated rings. The molecule has 0 aromatic heterocycles. The largest absolute Gasteiger partial charge is 0.197 e. The summed E-state index contributed by atoms with van der Waals surface area (Å²) in [6.07, 6.45) is 0. The van der Waals surface area contributed by atoms with Gasteiger partial charge in [0.25, 0.3) is 0 Å². The van der Waals surface area contributed by atoms with Crippen LogP contribution in [-0.4, -0.2) is 0 Å².